The monoisotopic (exact) mass is 499 g/mol. The maximum Gasteiger partial charge on any atom is 2.00 e. The summed E-state index contributed by atoms with van der Waals surface area (Å²) in [6.45, 7) is 0.105. The third-order valence-corrected chi connectivity index (χ3v) is 3.33. The van der Waals surface area contributed by atoms with Gasteiger partial charge in [0.05, 0.1) is 0 Å². The summed E-state index contributed by atoms with van der Waals surface area (Å²) in [5, 5.41) is 25.3. The molecular weight excluding hydrogens is 475 g/mol. The van der Waals surface area contributed by atoms with E-state index in [0.29, 0.717) is 19.4 Å². The molecule has 6 N–H and O–H groups in total. The standard InChI is InChI=1S/C7H14NO2.C6H8O4.H2N.Pt/c8-5-3-1-2-4-7(10)6-9;7-4(8)6(5(9)10)2-1-3-6;;/h8-9H,1-6H2;1-3H2,(H,7,8)(H,9,10);1H2;/q-1;;-1;+2. The maximum atomic E-state index is 10.5. The van der Waals surface area contributed by atoms with Gasteiger partial charge in [-0.1, -0.05) is 12.8 Å². The number of carboxylic acid groups (broad SMARTS) is 2. The molecule has 0 saturated heterocycles. The Hall–Kier alpha value is -0.822. The van der Waals surface area contributed by atoms with Crippen LogP contribution in [-0.2, 0) is 35.4 Å². The summed E-state index contributed by atoms with van der Waals surface area (Å²) in [6.07, 6.45) is 4.33. The third-order valence-electron chi connectivity index (χ3n) is 3.33. The van der Waals surface area contributed by atoms with Crippen molar-refractivity contribution in [2.24, 2.45) is 5.41 Å². The van der Waals surface area contributed by atoms with Crippen LogP contribution in [0.1, 0.15) is 44.9 Å². The second-order valence-electron chi connectivity index (χ2n) is 4.80. The van der Waals surface area contributed by atoms with Gasteiger partial charge in [0, 0.05) is 6.42 Å². The van der Waals surface area contributed by atoms with Crippen LogP contribution in [0.15, 0.2) is 0 Å². The largest absolute Gasteiger partial charge is 2.00 e. The van der Waals surface area contributed by atoms with Gasteiger partial charge in [0.25, 0.3) is 0 Å². The van der Waals surface area contributed by atoms with E-state index in [9.17, 15) is 14.4 Å². The van der Waals surface area contributed by atoms with Gasteiger partial charge in [-0.25, -0.2) is 0 Å². The molecule has 1 aliphatic carbocycles. The van der Waals surface area contributed by atoms with Crippen LogP contribution in [0.25, 0.3) is 11.9 Å². The van der Waals surface area contributed by atoms with Crippen LogP contribution in [0, 0.1) is 5.41 Å². The quantitative estimate of drug-likeness (QED) is 0.342. The van der Waals surface area contributed by atoms with Crippen LogP contribution < -0.4 is 0 Å². The van der Waals surface area contributed by atoms with Gasteiger partial charge in [0.1, 0.15) is 6.61 Å². The number of carbonyl (C=O) groups excluding carboxylic acids is 1. The maximum absolute atomic E-state index is 10.5. The summed E-state index contributed by atoms with van der Waals surface area (Å²) < 4.78 is 0. The van der Waals surface area contributed by atoms with E-state index in [-0.39, 0.29) is 52.4 Å². The first-order chi connectivity index (χ1) is 9.40. The fourth-order valence-electron chi connectivity index (χ4n) is 1.75. The van der Waals surface area contributed by atoms with Gasteiger partial charge >= 0.3 is 33.0 Å². The number of nitrogens with one attached hydrogen (secondary N) is 1. The van der Waals surface area contributed by atoms with Crippen LogP contribution in [0.2, 0.25) is 0 Å². The van der Waals surface area contributed by atoms with E-state index < -0.39 is 17.4 Å². The molecule has 0 spiro atoms. The zero-order valence-corrected chi connectivity index (χ0v) is 14.6. The fourth-order valence-corrected chi connectivity index (χ4v) is 1.75. The van der Waals surface area contributed by atoms with E-state index in [0.717, 1.165) is 19.3 Å². The van der Waals surface area contributed by atoms with Crippen molar-refractivity contribution in [3.05, 3.63) is 11.9 Å². The van der Waals surface area contributed by atoms with E-state index in [2.05, 4.69) is 0 Å². The SMILES string of the molecule is O=C(O)C1(C(=O)O)CCC1.[NH-]CCCCCC(=O)CO.[NH2-].[Pt+2]. The molecule has 0 heterocycles. The number of ketones is 1. The van der Waals surface area contributed by atoms with Crippen LogP contribution in [0.5, 0.6) is 0 Å². The normalized spacial score (nSPS) is 14.1. The predicted molar refractivity (Wildman–Crippen MR) is 76.6 cm³/mol. The molecule has 0 aromatic carbocycles. The Labute approximate surface area is 144 Å². The van der Waals surface area contributed by atoms with E-state index in [4.69, 9.17) is 21.1 Å². The molecule has 1 saturated carbocycles. The smallest absolute Gasteiger partial charge is 0.693 e. The number of unbranched alkanes of at least 4 members (excludes halogenated alkanes) is 2. The molecule has 0 bridgehead atoms. The van der Waals surface area contributed by atoms with Crippen molar-refractivity contribution in [1.29, 1.82) is 0 Å². The van der Waals surface area contributed by atoms with Crippen LogP contribution in [0.3, 0.4) is 0 Å². The van der Waals surface area contributed by atoms with Crippen molar-refractivity contribution in [3.8, 4) is 0 Å². The Morgan fingerprint density at radius 2 is 1.50 bits per heavy atom. The molecule has 132 valence electrons. The summed E-state index contributed by atoms with van der Waals surface area (Å²) >= 11 is 0. The van der Waals surface area contributed by atoms with Crippen molar-refractivity contribution in [2.45, 2.75) is 44.9 Å². The minimum absolute atomic E-state index is 0. The second kappa shape index (κ2) is 13.8. The van der Waals surface area contributed by atoms with E-state index in [1.165, 1.54) is 0 Å². The molecule has 9 heteroatoms. The molecule has 0 aromatic heterocycles. The fraction of sp³-hybridized carbons (Fsp3) is 0.769. The molecule has 1 aliphatic rings. The van der Waals surface area contributed by atoms with Gasteiger partial charge < -0.3 is 27.2 Å². The minimum Gasteiger partial charge on any atom is -0.693 e. The number of hydrogen-bond acceptors (Lipinski definition) is 4. The molecular formula is C13H24N2O6Pt. The van der Waals surface area contributed by atoms with Gasteiger partial charge in [0.15, 0.2) is 11.2 Å². The van der Waals surface area contributed by atoms with Crippen LogP contribution in [0.4, 0.5) is 0 Å². The number of hydrogen-bond donors (Lipinski definition) is 3. The average Bonchev–Trinajstić information content (AvgIpc) is 2.32. The summed E-state index contributed by atoms with van der Waals surface area (Å²) in [7, 11) is 0. The Morgan fingerprint density at radius 1 is 1.00 bits per heavy atom. The van der Waals surface area contributed by atoms with Gasteiger partial charge in [-0.3, -0.25) is 14.4 Å². The summed E-state index contributed by atoms with van der Waals surface area (Å²) in [4.78, 5) is 31.2. The van der Waals surface area contributed by atoms with Gasteiger partial charge in [-0.15, -0.1) is 0 Å². The average molecular weight is 499 g/mol. The Balaban J connectivity index is -0.000000301. The predicted octanol–water partition coefficient (Wildman–Crippen LogP) is 2.20. The van der Waals surface area contributed by atoms with E-state index >= 15 is 0 Å². The van der Waals surface area contributed by atoms with E-state index in [1.807, 2.05) is 0 Å². The van der Waals surface area contributed by atoms with Crippen molar-refractivity contribution in [2.75, 3.05) is 13.2 Å². The molecule has 0 amide bonds. The molecule has 1 fully saturated rings. The van der Waals surface area contributed by atoms with Crippen molar-refractivity contribution < 1.29 is 50.8 Å². The van der Waals surface area contributed by atoms with Crippen molar-refractivity contribution in [1.82, 2.24) is 0 Å². The molecule has 1 rings (SSSR count). The molecule has 0 atom stereocenters. The molecule has 8 nitrogen and oxygen atoms in total. The Bertz CT molecular complexity index is 331. The Morgan fingerprint density at radius 3 is 1.73 bits per heavy atom. The number of rotatable bonds is 8. The number of carbonyl (C=O) groups is 3. The number of aliphatic carboxylic acids is 2. The number of nitrogens with two attached hydrogens (primary N) is 1. The summed E-state index contributed by atoms with van der Waals surface area (Å²) in [6, 6.07) is 0. The number of aliphatic hydroxyl groups excluding tert-OH is 1. The summed E-state index contributed by atoms with van der Waals surface area (Å²) in [5.74, 6) is -2.50. The number of aliphatic hydroxyl groups is 1. The first-order valence-electron chi connectivity index (χ1n) is 6.64. The van der Waals surface area contributed by atoms with Gasteiger partial charge in [0.2, 0.25) is 0 Å². The minimum atomic E-state index is -1.44. The topological polar surface area (TPSA) is 169 Å². The summed E-state index contributed by atoms with van der Waals surface area (Å²) in [5.41, 5.74) is 5.35. The van der Waals surface area contributed by atoms with Crippen molar-refractivity contribution >= 4 is 17.7 Å². The van der Waals surface area contributed by atoms with Crippen LogP contribution in [-0.4, -0.2) is 46.2 Å². The number of carboxylic acids is 2. The zero-order valence-electron chi connectivity index (χ0n) is 12.3. The van der Waals surface area contributed by atoms with Gasteiger partial charge in [-0.2, -0.15) is 6.54 Å². The molecule has 0 aliphatic heterocycles. The molecule has 22 heavy (non-hydrogen) atoms. The first kappa shape index (κ1) is 26.1. The Kier molecular flexibility index (Phi) is 16.4. The van der Waals surface area contributed by atoms with E-state index in [1.54, 1.807) is 0 Å². The molecule has 0 aromatic rings. The van der Waals surface area contributed by atoms with Crippen LogP contribution >= 0.6 is 0 Å². The zero-order chi connectivity index (χ0) is 15.6. The number of Topliss-reactive ketones (excluding diaryl/α,β-unsaturated/α-hetero) is 1. The third kappa shape index (κ3) is 8.58. The van der Waals surface area contributed by atoms with Crippen molar-refractivity contribution in [3.63, 3.8) is 0 Å². The first-order valence-corrected chi connectivity index (χ1v) is 6.64. The van der Waals surface area contributed by atoms with Gasteiger partial charge in [-0.05, 0) is 25.7 Å². The molecule has 0 unspecified atom stereocenters. The second-order valence-corrected chi connectivity index (χ2v) is 4.80. The molecule has 0 radical (unpaired) electrons.